The Labute approximate surface area is 126 Å². The predicted octanol–water partition coefficient (Wildman–Crippen LogP) is 3.20. The van der Waals surface area contributed by atoms with Crippen LogP contribution in [0.3, 0.4) is 0 Å². The van der Waals surface area contributed by atoms with Crippen molar-refractivity contribution in [1.29, 1.82) is 0 Å². The minimum atomic E-state index is -0.640. The molecule has 112 valence electrons. The molecule has 1 fully saturated rings. The van der Waals surface area contributed by atoms with Gasteiger partial charge in [0.1, 0.15) is 5.76 Å². The highest BCUT2D eigenvalue weighted by Crippen LogP contribution is 2.32. The molecule has 3 nitrogen and oxygen atoms in total. The molecular weight excluding hydrogens is 262 g/mol. The van der Waals surface area contributed by atoms with E-state index in [9.17, 15) is 5.11 Å². The van der Waals surface area contributed by atoms with Gasteiger partial charge in [-0.2, -0.15) is 0 Å². The second-order valence-corrected chi connectivity index (χ2v) is 5.92. The molecule has 3 rings (SSSR count). The van der Waals surface area contributed by atoms with Gasteiger partial charge in [-0.05, 0) is 43.5 Å². The first-order chi connectivity index (χ1) is 10.3. The van der Waals surface area contributed by atoms with Gasteiger partial charge in [-0.15, -0.1) is 0 Å². The fourth-order valence-corrected chi connectivity index (χ4v) is 3.12. The molecule has 3 heteroatoms. The Hall–Kier alpha value is -1.58. The van der Waals surface area contributed by atoms with E-state index in [1.165, 1.54) is 0 Å². The summed E-state index contributed by atoms with van der Waals surface area (Å²) in [7, 11) is 0. The lowest BCUT2D eigenvalue weighted by Gasteiger charge is -2.38. The van der Waals surface area contributed by atoms with E-state index in [2.05, 4.69) is 4.90 Å². The summed E-state index contributed by atoms with van der Waals surface area (Å²) in [4.78, 5) is 2.44. The lowest BCUT2D eigenvalue weighted by atomic mass is 9.84. The van der Waals surface area contributed by atoms with Crippen LogP contribution in [0.4, 0.5) is 0 Å². The highest BCUT2D eigenvalue weighted by molar-refractivity contribution is 5.22. The zero-order valence-corrected chi connectivity index (χ0v) is 12.4. The molecule has 1 aromatic heterocycles. The van der Waals surface area contributed by atoms with Crippen LogP contribution < -0.4 is 0 Å². The van der Waals surface area contributed by atoms with Gasteiger partial charge in [-0.3, -0.25) is 0 Å². The van der Waals surface area contributed by atoms with E-state index in [1.54, 1.807) is 6.26 Å². The maximum Gasteiger partial charge on any atom is 0.103 e. The third-order valence-corrected chi connectivity index (χ3v) is 4.47. The monoisotopic (exact) mass is 285 g/mol. The van der Waals surface area contributed by atoms with Crippen molar-refractivity contribution in [3.05, 3.63) is 60.1 Å². The van der Waals surface area contributed by atoms with Gasteiger partial charge in [-0.1, -0.05) is 30.3 Å². The predicted molar refractivity (Wildman–Crippen MR) is 83.0 cm³/mol. The minimum Gasteiger partial charge on any atom is -0.469 e. The van der Waals surface area contributed by atoms with Crippen LogP contribution in [0.1, 0.15) is 30.6 Å². The topological polar surface area (TPSA) is 36.6 Å². The van der Waals surface area contributed by atoms with Crippen molar-refractivity contribution >= 4 is 0 Å². The van der Waals surface area contributed by atoms with Crippen LogP contribution >= 0.6 is 0 Å². The number of piperidine rings is 1. The molecule has 0 radical (unpaired) electrons. The van der Waals surface area contributed by atoms with Gasteiger partial charge >= 0.3 is 0 Å². The Morgan fingerprint density at radius 1 is 1.05 bits per heavy atom. The molecule has 1 aliphatic heterocycles. The van der Waals surface area contributed by atoms with E-state index in [-0.39, 0.29) is 0 Å². The van der Waals surface area contributed by atoms with Gasteiger partial charge in [0, 0.05) is 19.5 Å². The summed E-state index contributed by atoms with van der Waals surface area (Å²) in [5.41, 5.74) is 0.416. The van der Waals surface area contributed by atoms with Crippen LogP contribution in [0.15, 0.2) is 53.1 Å². The van der Waals surface area contributed by atoms with E-state index in [4.69, 9.17) is 4.42 Å². The number of hydrogen-bond acceptors (Lipinski definition) is 3. The fraction of sp³-hybridized carbons (Fsp3) is 0.444. The molecule has 21 heavy (non-hydrogen) atoms. The largest absolute Gasteiger partial charge is 0.469 e. The van der Waals surface area contributed by atoms with Crippen LogP contribution in [0.5, 0.6) is 0 Å². The van der Waals surface area contributed by atoms with Crippen LogP contribution in [0.2, 0.25) is 0 Å². The fourth-order valence-electron chi connectivity index (χ4n) is 3.12. The first-order valence-electron chi connectivity index (χ1n) is 7.79. The number of benzene rings is 1. The van der Waals surface area contributed by atoms with Gasteiger partial charge in [0.05, 0.1) is 11.9 Å². The van der Waals surface area contributed by atoms with Crippen molar-refractivity contribution < 1.29 is 9.52 Å². The average Bonchev–Trinajstić information content (AvgIpc) is 3.04. The van der Waals surface area contributed by atoms with Crippen molar-refractivity contribution in [1.82, 2.24) is 4.90 Å². The summed E-state index contributed by atoms with van der Waals surface area (Å²) in [6.45, 7) is 3.00. The van der Waals surface area contributed by atoms with Gasteiger partial charge in [-0.25, -0.2) is 0 Å². The molecule has 1 saturated heterocycles. The molecular formula is C18H23NO2. The normalized spacial score (nSPS) is 18.7. The minimum absolute atomic E-state index is 0.640. The van der Waals surface area contributed by atoms with E-state index >= 15 is 0 Å². The summed E-state index contributed by atoms with van der Waals surface area (Å²) in [6.07, 6.45) is 5.47. The maximum absolute atomic E-state index is 10.8. The molecule has 0 aliphatic carbocycles. The first kappa shape index (κ1) is 14.4. The standard InChI is InChI=1S/C18H23NO2/c20-18(16-6-2-1-3-7-16)10-13-19(14-11-18)12-4-8-17-9-5-15-21-17/h1-3,5-7,9,15,20H,4,8,10-14H2. The highest BCUT2D eigenvalue weighted by Gasteiger charge is 2.33. The number of hydrogen-bond donors (Lipinski definition) is 1. The van der Waals surface area contributed by atoms with Gasteiger partial charge in [0.2, 0.25) is 0 Å². The van der Waals surface area contributed by atoms with Crippen LogP contribution in [-0.4, -0.2) is 29.6 Å². The Morgan fingerprint density at radius 3 is 2.48 bits per heavy atom. The van der Waals surface area contributed by atoms with Crippen molar-refractivity contribution in [2.24, 2.45) is 0 Å². The number of likely N-dealkylation sites (tertiary alicyclic amines) is 1. The second-order valence-electron chi connectivity index (χ2n) is 5.92. The van der Waals surface area contributed by atoms with E-state index in [0.717, 1.165) is 56.6 Å². The van der Waals surface area contributed by atoms with Crippen molar-refractivity contribution in [3.63, 3.8) is 0 Å². The van der Waals surface area contributed by atoms with E-state index in [0.29, 0.717) is 0 Å². The van der Waals surface area contributed by atoms with Crippen LogP contribution in [-0.2, 0) is 12.0 Å². The van der Waals surface area contributed by atoms with Gasteiger partial charge in [0.15, 0.2) is 0 Å². The molecule has 0 amide bonds. The Balaban J connectivity index is 1.46. The molecule has 2 aromatic rings. The number of aliphatic hydroxyl groups is 1. The Morgan fingerprint density at radius 2 is 1.81 bits per heavy atom. The van der Waals surface area contributed by atoms with Gasteiger partial charge in [0.25, 0.3) is 0 Å². The van der Waals surface area contributed by atoms with Crippen LogP contribution in [0, 0.1) is 0 Å². The zero-order chi connectivity index (χ0) is 14.5. The molecule has 0 unspecified atom stereocenters. The number of aryl methyl sites for hydroxylation is 1. The van der Waals surface area contributed by atoms with E-state index < -0.39 is 5.60 Å². The number of nitrogens with zero attached hydrogens (tertiary/aromatic N) is 1. The number of furan rings is 1. The first-order valence-corrected chi connectivity index (χ1v) is 7.79. The van der Waals surface area contributed by atoms with Crippen LogP contribution in [0.25, 0.3) is 0 Å². The summed E-state index contributed by atoms with van der Waals surface area (Å²) >= 11 is 0. The van der Waals surface area contributed by atoms with E-state index in [1.807, 2.05) is 42.5 Å². The molecule has 2 heterocycles. The molecule has 0 spiro atoms. The Kier molecular flexibility index (Phi) is 4.42. The zero-order valence-electron chi connectivity index (χ0n) is 12.4. The lowest BCUT2D eigenvalue weighted by Crippen LogP contribution is -2.42. The second kappa shape index (κ2) is 6.46. The SMILES string of the molecule is OC1(c2ccccc2)CCN(CCCc2ccco2)CC1. The quantitative estimate of drug-likeness (QED) is 0.916. The van der Waals surface area contributed by atoms with Crippen molar-refractivity contribution in [2.45, 2.75) is 31.3 Å². The average molecular weight is 285 g/mol. The van der Waals surface area contributed by atoms with Crippen molar-refractivity contribution in [3.8, 4) is 0 Å². The molecule has 1 aromatic carbocycles. The molecule has 0 atom stereocenters. The summed E-state index contributed by atoms with van der Waals surface area (Å²) < 4.78 is 5.36. The summed E-state index contributed by atoms with van der Waals surface area (Å²) in [6, 6.07) is 14.0. The highest BCUT2D eigenvalue weighted by atomic mass is 16.3. The van der Waals surface area contributed by atoms with Gasteiger partial charge < -0.3 is 14.4 Å². The molecule has 1 aliphatic rings. The summed E-state index contributed by atoms with van der Waals surface area (Å²) in [5, 5.41) is 10.8. The third kappa shape index (κ3) is 3.55. The molecule has 0 saturated carbocycles. The number of rotatable bonds is 5. The lowest BCUT2D eigenvalue weighted by molar-refractivity contribution is -0.0260. The third-order valence-electron chi connectivity index (χ3n) is 4.47. The Bertz CT molecular complexity index is 528. The molecule has 1 N–H and O–H groups in total. The van der Waals surface area contributed by atoms with Crippen molar-refractivity contribution in [2.75, 3.05) is 19.6 Å². The summed E-state index contributed by atoms with van der Waals surface area (Å²) in [5.74, 6) is 1.06. The smallest absolute Gasteiger partial charge is 0.103 e. The molecule has 0 bridgehead atoms. The maximum atomic E-state index is 10.8.